The van der Waals surface area contributed by atoms with Crippen LogP contribution in [0.5, 0.6) is 0 Å². The van der Waals surface area contributed by atoms with Crippen molar-refractivity contribution in [2.75, 3.05) is 0 Å². The zero-order valence-corrected chi connectivity index (χ0v) is 4.65. The van der Waals surface area contributed by atoms with Gasteiger partial charge < -0.3 is 11.5 Å². The van der Waals surface area contributed by atoms with Gasteiger partial charge in [0.25, 0.3) is 0 Å². The summed E-state index contributed by atoms with van der Waals surface area (Å²) in [4.78, 5) is 0. The first kappa shape index (κ1) is 5.06. The standard InChI is InChI=1S/C5H12N2/c1-5(6,7)4-2-3-4/h4H,2-3,6-7H2,1H3. The minimum atomic E-state index is -0.389. The molecule has 0 amide bonds. The summed E-state index contributed by atoms with van der Waals surface area (Å²) >= 11 is 0. The number of rotatable bonds is 1. The first-order chi connectivity index (χ1) is 3.11. The van der Waals surface area contributed by atoms with Gasteiger partial charge in [0.15, 0.2) is 0 Å². The molecular weight excluding hydrogens is 88.1 g/mol. The van der Waals surface area contributed by atoms with Crippen LogP contribution in [-0.4, -0.2) is 5.66 Å². The summed E-state index contributed by atoms with van der Waals surface area (Å²) in [6.07, 6.45) is 2.45. The third-order valence-electron chi connectivity index (χ3n) is 1.46. The van der Waals surface area contributed by atoms with Gasteiger partial charge in [0.05, 0.1) is 5.66 Å². The Bertz CT molecular complexity index is 68.6. The second kappa shape index (κ2) is 1.20. The third-order valence-corrected chi connectivity index (χ3v) is 1.46. The van der Waals surface area contributed by atoms with Crippen molar-refractivity contribution < 1.29 is 0 Å². The van der Waals surface area contributed by atoms with Crippen molar-refractivity contribution in [3.05, 3.63) is 0 Å². The van der Waals surface area contributed by atoms with E-state index in [1.807, 2.05) is 6.92 Å². The van der Waals surface area contributed by atoms with Crippen molar-refractivity contribution in [3.63, 3.8) is 0 Å². The lowest BCUT2D eigenvalue weighted by Gasteiger charge is -2.16. The van der Waals surface area contributed by atoms with E-state index >= 15 is 0 Å². The number of nitrogens with two attached hydrogens (primary N) is 2. The fourth-order valence-electron chi connectivity index (χ4n) is 0.705. The summed E-state index contributed by atoms with van der Waals surface area (Å²) in [5.41, 5.74) is 10.6. The van der Waals surface area contributed by atoms with E-state index in [0.29, 0.717) is 5.92 Å². The van der Waals surface area contributed by atoms with Gasteiger partial charge in [-0.15, -0.1) is 0 Å². The lowest BCUT2D eigenvalue weighted by Crippen LogP contribution is -2.48. The van der Waals surface area contributed by atoms with E-state index in [4.69, 9.17) is 11.5 Å². The van der Waals surface area contributed by atoms with Crippen LogP contribution >= 0.6 is 0 Å². The molecule has 1 aliphatic carbocycles. The van der Waals surface area contributed by atoms with Crippen molar-refractivity contribution in [3.8, 4) is 0 Å². The van der Waals surface area contributed by atoms with Gasteiger partial charge in [0.2, 0.25) is 0 Å². The Morgan fingerprint density at radius 1 is 1.43 bits per heavy atom. The van der Waals surface area contributed by atoms with Crippen molar-refractivity contribution in [1.82, 2.24) is 0 Å². The molecule has 1 aliphatic rings. The highest BCUT2D eigenvalue weighted by Crippen LogP contribution is 2.34. The molecule has 0 radical (unpaired) electrons. The molecule has 0 saturated heterocycles. The fourth-order valence-corrected chi connectivity index (χ4v) is 0.705. The van der Waals surface area contributed by atoms with Gasteiger partial charge >= 0.3 is 0 Å². The fraction of sp³-hybridized carbons (Fsp3) is 1.00. The van der Waals surface area contributed by atoms with Gasteiger partial charge in [-0.1, -0.05) is 0 Å². The second-order valence-electron chi connectivity index (χ2n) is 2.64. The minimum absolute atomic E-state index is 0.389. The molecule has 0 aromatic heterocycles. The average Bonchev–Trinajstić information content (AvgIpc) is 1.99. The van der Waals surface area contributed by atoms with Crippen LogP contribution in [0.4, 0.5) is 0 Å². The first-order valence-electron chi connectivity index (χ1n) is 2.68. The lowest BCUT2D eigenvalue weighted by molar-refractivity contribution is 0.426. The topological polar surface area (TPSA) is 52.0 Å². The van der Waals surface area contributed by atoms with E-state index in [1.165, 1.54) is 12.8 Å². The minimum Gasteiger partial charge on any atom is -0.313 e. The Morgan fingerprint density at radius 3 is 1.86 bits per heavy atom. The molecule has 0 spiro atoms. The Kier molecular flexibility index (Phi) is 0.869. The normalized spacial score (nSPS) is 22.7. The molecule has 1 saturated carbocycles. The number of hydrogen-bond acceptors (Lipinski definition) is 2. The molecule has 42 valence electrons. The highest BCUT2D eigenvalue weighted by molar-refractivity contribution is 4.89. The maximum atomic E-state index is 5.52. The molecule has 4 N–H and O–H groups in total. The van der Waals surface area contributed by atoms with Gasteiger partial charge in [-0.05, 0) is 25.7 Å². The van der Waals surface area contributed by atoms with Crippen LogP contribution in [0.2, 0.25) is 0 Å². The molecule has 2 heteroatoms. The zero-order valence-electron chi connectivity index (χ0n) is 4.65. The summed E-state index contributed by atoms with van der Waals surface area (Å²) in [6, 6.07) is 0. The van der Waals surface area contributed by atoms with Gasteiger partial charge in [0, 0.05) is 0 Å². The Balaban J connectivity index is 2.36. The van der Waals surface area contributed by atoms with E-state index in [1.54, 1.807) is 0 Å². The predicted molar refractivity (Wildman–Crippen MR) is 29.5 cm³/mol. The molecule has 0 aromatic carbocycles. The maximum Gasteiger partial charge on any atom is 0.0636 e. The van der Waals surface area contributed by atoms with Crippen LogP contribution in [0.3, 0.4) is 0 Å². The first-order valence-corrected chi connectivity index (χ1v) is 2.68. The van der Waals surface area contributed by atoms with E-state index in [2.05, 4.69) is 0 Å². The summed E-state index contributed by atoms with van der Waals surface area (Å²) in [5.74, 6) is 0.604. The molecule has 0 heterocycles. The zero-order chi connectivity index (χ0) is 5.49. The molecule has 0 atom stereocenters. The van der Waals surface area contributed by atoms with Gasteiger partial charge in [-0.2, -0.15) is 0 Å². The van der Waals surface area contributed by atoms with Crippen LogP contribution in [0.1, 0.15) is 19.8 Å². The Labute approximate surface area is 43.9 Å². The SMILES string of the molecule is CC(N)(N)C1CC1. The summed E-state index contributed by atoms with van der Waals surface area (Å²) in [6.45, 7) is 1.88. The van der Waals surface area contributed by atoms with Crippen molar-refractivity contribution in [2.24, 2.45) is 17.4 Å². The van der Waals surface area contributed by atoms with Crippen LogP contribution in [-0.2, 0) is 0 Å². The van der Waals surface area contributed by atoms with E-state index < -0.39 is 0 Å². The molecule has 0 bridgehead atoms. The summed E-state index contributed by atoms with van der Waals surface area (Å²) in [7, 11) is 0. The van der Waals surface area contributed by atoms with Gasteiger partial charge in [-0.25, -0.2) is 0 Å². The lowest BCUT2D eigenvalue weighted by atomic mass is 10.1. The summed E-state index contributed by atoms with van der Waals surface area (Å²) < 4.78 is 0. The van der Waals surface area contributed by atoms with Crippen LogP contribution in [0.25, 0.3) is 0 Å². The molecule has 2 nitrogen and oxygen atoms in total. The van der Waals surface area contributed by atoms with Crippen molar-refractivity contribution in [2.45, 2.75) is 25.4 Å². The molecule has 7 heavy (non-hydrogen) atoms. The average molecular weight is 100 g/mol. The third kappa shape index (κ3) is 1.14. The maximum absolute atomic E-state index is 5.52. The predicted octanol–water partition coefficient (Wildman–Crippen LogP) is 0.0300. The highest BCUT2D eigenvalue weighted by atomic mass is 15.0. The van der Waals surface area contributed by atoms with Crippen molar-refractivity contribution >= 4 is 0 Å². The monoisotopic (exact) mass is 100 g/mol. The van der Waals surface area contributed by atoms with E-state index in [0.717, 1.165) is 0 Å². The smallest absolute Gasteiger partial charge is 0.0636 e. The summed E-state index contributed by atoms with van der Waals surface area (Å²) in [5, 5.41) is 0. The molecule has 0 aliphatic heterocycles. The van der Waals surface area contributed by atoms with Gasteiger partial charge in [-0.3, -0.25) is 0 Å². The molecule has 1 rings (SSSR count). The largest absolute Gasteiger partial charge is 0.313 e. The van der Waals surface area contributed by atoms with E-state index in [9.17, 15) is 0 Å². The molecule has 1 fully saturated rings. The molecular formula is C5H12N2. The number of hydrogen-bond donors (Lipinski definition) is 2. The highest BCUT2D eigenvalue weighted by Gasteiger charge is 2.34. The van der Waals surface area contributed by atoms with Crippen LogP contribution in [0, 0.1) is 5.92 Å². The van der Waals surface area contributed by atoms with E-state index in [-0.39, 0.29) is 5.66 Å². The molecule has 0 aromatic rings. The quantitative estimate of drug-likeness (QED) is 0.457. The second-order valence-corrected chi connectivity index (χ2v) is 2.64. The van der Waals surface area contributed by atoms with Crippen molar-refractivity contribution in [1.29, 1.82) is 0 Å². The Morgan fingerprint density at radius 2 is 1.86 bits per heavy atom. The molecule has 0 unspecified atom stereocenters. The Hall–Kier alpha value is -0.0800. The van der Waals surface area contributed by atoms with Crippen LogP contribution < -0.4 is 11.5 Å². The van der Waals surface area contributed by atoms with Gasteiger partial charge in [0.1, 0.15) is 0 Å². The van der Waals surface area contributed by atoms with Crippen LogP contribution in [0.15, 0.2) is 0 Å².